The van der Waals surface area contributed by atoms with E-state index in [0.29, 0.717) is 40.0 Å². The van der Waals surface area contributed by atoms with Crippen LogP contribution in [0.25, 0.3) is 33.4 Å². The van der Waals surface area contributed by atoms with E-state index in [2.05, 4.69) is 15.3 Å². The number of aromatic hydroxyl groups is 1. The Balaban J connectivity index is 1.26. The number of aliphatic hydroxyl groups is 1. The van der Waals surface area contributed by atoms with Gasteiger partial charge in [0, 0.05) is 41.4 Å². The highest BCUT2D eigenvalue weighted by molar-refractivity contribution is 6.07. The van der Waals surface area contributed by atoms with Crippen LogP contribution < -0.4 is 21.2 Å². The Labute approximate surface area is 250 Å². The number of nitrogen functional groups attached to an aromatic ring is 1. The van der Waals surface area contributed by atoms with E-state index in [1.165, 1.54) is 36.5 Å². The molecule has 44 heavy (non-hydrogen) atoms. The number of nitrogens with two attached hydrogens (primary N) is 1. The number of fused-ring (bicyclic) bond motifs is 2. The quantitative estimate of drug-likeness (QED) is 0.116. The van der Waals surface area contributed by atoms with E-state index in [1.807, 2.05) is 24.3 Å². The SMILES string of the molecule is Nc1ccnc(OCc2ccc(CNC(O)c3ccc(C(=O)O)c(-c4c5ccc(=O)cc-5oc5cc(O)ccc45)c3)cc2)n1. The third-order valence-corrected chi connectivity index (χ3v) is 7.08. The maximum atomic E-state index is 12.3. The molecule has 11 nitrogen and oxygen atoms in total. The summed E-state index contributed by atoms with van der Waals surface area (Å²) in [5.41, 5.74) is 9.17. The molecule has 3 aromatic carbocycles. The van der Waals surface area contributed by atoms with Crippen LogP contribution in [0.3, 0.4) is 0 Å². The molecule has 11 heteroatoms. The maximum absolute atomic E-state index is 12.3. The van der Waals surface area contributed by atoms with Crippen molar-refractivity contribution < 1.29 is 29.3 Å². The molecule has 0 saturated heterocycles. The van der Waals surface area contributed by atoms with Crippen molar-refractivity contribution in [3.8, 4) is 34.2 Å². The van der Waals surface area contributed by atoms with Crippen molar-refractivity contribution in [2.75, 3.05) is 5.73 Å². The topological polar surface area (TPSA) is 181 Å². The smallest absolute Gasteiger partial charge is 0.336 e. The average Bonchev–Trinajstić information content (AvgIpc) is 3.01. The van der Waals surface area contributed by atoms with Crippen LogP contribution in [0, 0.1) is 0 Å². The minimum atomic E-state index is -1.17. The molecule has 0 radical (unpaired) electrons. The van der Waals surface area contributed by atoms with Gasteiger partial charge in [-0.05, 0) is 64.7 Å². The zero-order valence-corrected chi connectivity index (χ0v) is 23.1. The molecule has 0 amide bonds. The number of nitrogens with one attached hydrogen (secondary N) is 1. The Morgan fingerprint density at radius 2 is 1.75 bits per heavy atom. The van der Waals surface area contributed by atoms with E-state index in [4.69, 9.17) is 14.9 Å². The lowest BCUT2D eigenvalue weighted by Gasteiger charge is -2.19. The second-order valence-corrected chi connectivity index (χ2v) is 10.1. The van der Waals surface area contributed by atoms with Crippen LogP contribution in [0.1, 0.15) is 33.3 Å². The zero-order chi connectivity index (χ0) is 30.8. The molecule has 2 aliphatic rings. The highest BCUT2D eigenvalue weighted by atomic mass is 16.5. The number of benzene rings is 4. The summed E-state index contributed by atoms with van der Waals surface area (Å²) < 4.78 is 11.5. The zero-order valence-electron chi connectivity index (χ0n) is 23.1. The summed E-state index contributed by atoms with van der Waals surface area (Å²) in [4.78, 5) is 32.5. The van der Waals surface area contributed by atoms with Gasteiger partial charge in [0.25, 0.3) is 0 Å². The van der Waals surface area contributed by atoms with Gasteiger partial charge in [0.1, 0.15) is 35.7 Å². The molecule has 2 heterocycles. The van der Waals surface area contributed by atoms with Crippen molar-refractivity contribution in [3.63, 3.8) is 0 Å². The fraction of sp³-hybridized carbons (Fsp3) is 0.0909. The molecule has 0 spiro atoms. The van der Waals surface area contributed by atoms with Crippen LogP contribution >= 0.6 is 0 Å². The van der Waals surface area contributed by atoms with E-state index < -0.39 is 12.2 Å². The van der Waals surface area contributed by atoms with Gasteiger partial charge in [-0.2, -0.15) is 4.98 Å². The minimum absolute atomic E-state index is 0.00424. The number of carbonyl (C=O) groups is 1. The fourth-order valence-electron chi connectivity index (χ4n) is 4.93. The predicted molar refractivity (Wildman–Crippen MR) is 162 cm³/mol. The maximum Gasteiger partial charge on any atom is 0.336 e. The van der Waals surface area contributed by atoms with Crippen LogP contribution in [0.5, 0.6) is 11.8 Å². The normalized spacial score (nSPS) is 11.9. The van der Waals surface area contributed by atoms with Crippen molar-refractivity contribution >= 4 is 22.8 Å². The molecular weight excluding hydrogens is 564 g/mol. The van der Waals surface area contributed by atoms with Gasteiger partial charge in [0.2, 0.25) is 0 Å². The molecule has 0 saturated carbocycles. The summed E-state index contributed by atoms with van der Waals surface area (Å²) in [6.45, 7) is 0.572. The summed E-state index contributed by atoms with van der Waals surface area (Å²) in [6, 6.07) is 22.6. The molecule has 1 atom stereocenters. The summed E-state index contributed by atoms with van der Waals surface area (Å²) >= 11 is 0. The van der Waals surface area contributed by atoms with Crippen LogP contribution in [0.2, 0.25) is 0 Å². The van der Waals surface area contributed by atoms with Crippen molar-refractivity contribution in [1.82, 2.24) is 15.3 Å². The first kappa shape index (κ1) is 28.3. The molecule has 0 fully saturated rings. The lowest BCUT2D eigenvalue weighted by atomic mass is 9.89. The monoisotopic (exact) mass is 590 g/mol. The Morgan fingerprint density at radius 1 is 0.955 bits per heavy atom. The second-order valence-electron chi connectivity index (χ2n) is 10.1. The summed E-state index contributed by atoms with van der Waals surface area (Å²) in [5, 5.41) is 34.8. The Kier molecular flexibility index (Phi) is 7.63. The van der Waals surface area contributed by atoms with Crippen molar-refractivity contribution in [3.05, 3.63) is 124 Å². The van der Waals surface area contributed by atoms with Gasteiger partial charge in [0.05, 0.1) is 5.56 Å². The molecule has 6 N–H and O–H groups in total. The molecule has 4 aromatic rings. The minimum Gasteiger partial charge on any atom is -0.508 e. The average molecular weight is 591 g/mol. The van der Waals surface area contributed by atoms with E-state index in [0.717, 1.165) is 11.1 Å². The number of carboxylic acids is 1. The first-order valence-corrected chi connectivity index (χ1v) is 13.5. The Hall–Kier alpha value is -5.78. The number of ether oxygens (including phenoxy) is 1. The van der Waals surface area contributed by atoms with Crippen LogP contribution in [0.15, 0.2) is 100 Å². The lowest BCUT2D eigenvalue weighted by Crippen LogP contribution is -2.20. The molecule has 0 bridgehead atoms. The lowest BCUT2D eigenvalue weighted by molar-refractivity contribution is 0.0697. The van der Waals surface area contributed by atoms with Gasteiger partial charge in [0.15, 0.2) is 5.43 Å². The number of hydrogen-bond donors (Lipinski definition) is 5. The number of phenols is 1. The standard InChI is InChI=1S/C33H26N4O7/c34-29-11-12-35-33(37-29)43-17-19-3-1-18(2-4-19)16-36-31(40)20-5-8-23(32(41)42)26(13-20)30-24-9-6-21(38)14-27(24)44-28-15-22(39)7-10-25(28)30/h1-15,31,36,38,40H,16-17H2,(H,41,42)(H2,34,35,37). The fourth-order valence-corrected chi connectivity index (χ4v) is 4.93. The van der Waals surface area contributed by atoms with Crippen molar-refractivity contribution in [1.29, 1.82) is 0 Å². The van der Waals surface area contributed by atoms with E-state index >= 15 is 0 Å². The molecule has 1 unspecified atom stereocenters. The summed E-state index contributed by atoms with van der Waals surface area (Å²) in [6.07, 6.45) is 0.383. The van der Waals surface area contributed by atoms with E-state index in [-0.39, 0.29) is 40.7 Å². The number of phenolic OH excluding ortho intramolecular Hbond substituents is 1. The van der Waals surface area contributed by atoms with Gasteiger partial charge >= 0.3 is 12.0 Å². The van der Waals surface area contributed by atoms with Gasteiger partial charge in [-0.25, -0.2) is 9.78 Å². The largest absolute Gasteiger partial charge is 0.508 e. The van der Waals surface area contributed by atoms with Crippen molar-refractivity contribution in [2.24, 2.45) is 0 Å². The van der Waals surface area contributed by atoms with E-state index in [1.54, 1.807) is 30.3 Å². The van der Waals surface area contributed by atoms with E-state index in [9.17, 15) is 24.9 Å². The Morgan fingerprint density at radius 3 is 2.52 bits per heavy atom. The number of rotatable bonds is 9. The third-order valence-electron chi connectivity index (χ3n) is 7.08. The summed E-state index contributed by atoms with van der Waals surface area (Å²) in [5.74, 6) is -0.659. The first-order chi connectivity index (χ1) is 21.2. The first-order valence-electron chi connectivity index (χ1n) is 13.5. The number of aromatic carboxylic acids is 1. The molecular formula is C33H26N4O7. The second kappa shape index (κ2) is 11.8. The van der Waals surface area contributed by atoms with Gasteiger partial charge in [-0.3, -0.25) is 10.1 Å². The van der Waals surface area contributed by atoms with Crippen LogP contribution in [0.4, 0.5) is 5.82 Å². The van der Waals surface area contributed by atoms with Crippen LogP contribution in [-0.4, -0.2) is 31.3 Å². The highest BCUT2D eigenvalue weighted by Crippen LogP contribution is 2.42. The number of carboxylic acid groups (broad SMARTS) is 1. The number of aromatic nitrogens is 2. The highest BCUT2D eigenvalue weighted by Gasteiger charge is 2.23. The number of aliphatic hydroxyl groups excluding tert-OH is 1. The molecule has 1 aliphatic heterocycles. The number of nitrogens with zero attached hydrogens (tertiary/aromatic N) is 2. The van der Waals surface area contributed by atoms with Gasteiger partial charge in [-0.1, -0.05) is 30.3 Å². The molecule has 6 rings (SSSR count). The molecule has 1 aromatic heterocycles. The van der Waals surface area contributed by atoms with Gasteiger partial charge in [-0.15, -0.1) is 0 Å². The third kappa shape index (κ3) is 5.91. The van der Waals surface area contributed by atoms with Crippen LogP contribution in [-0.2, 0) is 13.2 Å². The van der Waals surface area contributed by atoms with Crippen molar-refractivity contribution in [2.45, 2.75) is 19.4 Å². The summed E-state index contributed by atoms with van der Waals surface area (Å²) in [7, 11) is 0. The van der Waals surface area contributed by atoms with Gasteiger partial charge < -0.3 is 30.2 Å². The molecule has 1 aliphatic carbocycles. The molecule has 220 valence electrons. The Bertz CT molecular complexity index is 2020. The number of hydrogen-bond acceptors (Lipinski definition) is 10. The predicted octanol–water partition coefficient (Wildman–Crippen LogP) is 4.70. The number of anilines is 1.